The van der Waals surface area contributed by atoms with Crippen molar-refractivity contribution in [1.82, 2.24) is 0 Å². The van der Waals surface area contributed by atoms with Gasteiger partial charge in [0.25, 0.3) is 0 Å². The molecular formula is C36H30N9O4P. The smallest absolute Gasteiger partial charge is 0.408 e. The molecule has 0 saturated carbocycles. The predicted molar refractivity (Wildman–Crippen MR) is 190 cm³/mol. The maximum atomic E-state index is 8.78. The van der Waals surface area contributed by atoms with Gasteiger partial charge in [0.05, 0.1) is 0 Å². The van der Waals surface area contributed by atoms with Crippen LogP contribution >= 0.6 is 7.82 Å². The summed E-state index contributed by atoms with van der Waals surface area (Å²) in [4.78, 5) is 35.3. The molecule has 50 heavy (non-hydrogen) atoms. The van der Waals surface area contributed by atoms with Gasteiger partial charge in [-0.2, -0.15) is 7.82 Å². The van der Waals surface area contributed by atoms with Crippen LogP contribution in [-0.4, -0.2) is 0 Å². The van der Waals surface area contributed by atoms with Crippen LogP contribution in [0.5, 0.6) is 0 Å². The SMILES string of the molecule is N#[N+]c1ccccc1Nc1ccccc1.N#[N+]c1ccccc1Nc1ccccc1.N#[N+]c1ccccc1Nc1ccccc1.O=P([O-])([O-])[O-]. The van der Waals surface area contributed by atoms with Gasteiger partial charge in [0.15, 0.2) is 14.9 Å². The molecule has 6 rings (SSSR count). The molecule has 0 radical (unpaired) electrons. The van der Waals surface area contributed by atoms with E-state index >= 15 is 0 Å². The monoisotopic (exact) mass is 683 g/mol. The Morgan fingerprint density at radius 2 is 0.580 bits per heavy atom. The number of nitrogens with one attached hydrogen (secondary N) is 3. The highest BCUT2D eigenvalue weighted by atomic mass is 31.2. The maximum Gasteiger partial charge on any atom is 0.408 e. The number of anilines is 6. The van der Waals surface area contributed by atoms with Crippen LogP contribution in [0.1, 0.15) is 0 Å². The summed E-state index contributed by atoms with van der Waals surface area (Å²) in [6.45, 7) is 0. The van der Waals surface area contributed by atoms with E-state index in [-0.39, 0.29) is 0 Å². The molecule has 0 fully saturated rings. The molecule has 0 saturated heterocycles. The Morgan fingerprint density at radius 3 is 0.800 bits per heavy atom. The summed E-state index contributed by atoms with van der Waals surface area (Å²) < 4.78 is 8.55. The van der Waals surface area contributed by atoms with Crippen molar-refractivity contribution in [3.8, 4) is 0 Å². The molecule has 3 N–H and O–H groups in total. The fourth-order valence-electron chi connectivity index (χ4n) is 4.03. The highest BCUT2D eigenvalue weighted by molar-refractivity contribution is 7.40. The van der Waals surface area contributed by atoms with Gasteiger partial charge < -0.3 is 35.2 Å². The van der Waals surface area contributed by atoms with E-state index in [1.54, 1.807) is 18.2 Å². The van der Waals surface area contributed by atoms with Gasteiger partial charge in [-0.15, -0.1) is 0 Å². The second-order valence-corrected chi connectivity index (χ2v) is 10.7. The van der Waals surface area contributed by atoms with Crippen molar-refractivity contribution in [2.45, 2.75) is 0 Å². The lowest BCUT2D eigenvalue weighted by atomic mass is 10.2. The summed E-state index contributed by atoms with van der Waals surface area (Å²) in [6.07, 6.45) is 0. The Balaban J connectivity index is 0.000000190. The third-order valence-electron chi connectivity index (χ3n) is 6.19. The Bertz CT molecular complexity index is 1860. The molecule has 0 unspecified atom stereocenters. The number of nitrogens with zero attached hydrogens (tertiary/aromatic N) is 6. The average molecular weight is 684 g/mol. The fraction of sp³-hybridized carbons (Fsp3) is 0. The molecule has 14 heteroatoms. The molecule has 0 bridgehead atoms. The Morgan fingerprint density at radius 1 is 0.380 bits per heavy atom. The largest absolute Gasteiger partial charge is 0.822 e. The number of hydrogen-bond donors (Lipinski definition) is 3. The van der Waals surface area contributed by atoms with Crippen molar-refractivity contribution in [3.05, 3.63) is 179 Å². The Kier molecular flexibility index (Phi) is 15.3. The van der Waals surface area contributed by atoms with Crippen molar-refractivity contribution in [2.24, 2.45) is 0 Å². The first-order chi connectivity index (χ1) is 24.2. The first kappa shape index (κ1) is 37.5. The lowest BCUT2D eigenvalue weighted by Gasteiger charge is -2.36. The number of diazo groups is 3. The summed E-state index contributed by atoms with van der Waals surface area (Å²) in [5, 5.41) is 35.9. The van der Waals surface area contributed by atoms with Crippen molar-refractivity contribution in [2.75, 3.05) is 16.0 Å². The van der Waals surface area contributed by atoms with Crippen LogP contribution < -0.4 is 30.6 Å². The number of benzene rings is 6. The third-order valence-corrected chi connectivity index (χ3v) is 6.19. The standard InChI is InChI=1S/3C12H10N3.H3O4P/c3*13-15-12-9-5-4-8-11(12)14-10-6-2-1-3-7-10;1-5(2,3)4/h3*1-9,14H;(H3,1,2,3,4)/q3*+1;/p-3. The topological polar surface area (TPSA) is 207 Å². The number of rotatable bonds is 6. The van der Waals surface area contributed by atoms with Gasteiger partial charge in [-0.3, -0.25) is 0 Å². The molecule has 6 aromatic carbocycles. The van der Waals surface area contributed by atoms with E-state index in [1.807, 2.05) is 146 Å². The number of para-hydroxylation sites is 6. The first-order valence-corrected chi connectivity index (χ1v) is 16.2. The fourth-order valence-corrected chi connectivity index (χ4v) is 4.03. The lowest BCUT2D eigenvalue weighted by molar-refractivity contribution is -0.432. The highest BCUT2D eigenvalue weighted by Crippen LogP contribution is 2.29. The van der Waals surface area contributed by atoms with Crippen molar-refractivity contribution in [1.29, 1.82) is 16.2 Å². The van der Waals surface area contributed by atoms with Gasteiger partial charge in [0.1, 0.15) is 17.1 Å². The van der Waals surface area contributed by atoms with Gasteiger partial charge >= 0.3 is 17.1 Å². The van der Waals surface area contributed by atoms with E-state index in [0.717, 1.165) is 34.1 Å². The molecule has 0 aliphatic carbocycles. The van der Waals surface area contributed by atoms with Crippen LogP contribution in [0.3, 0.4) is 0 Å². The quantitative estimate of drug-likeness (QED) is 0.112. The van der Waals surface area contributed by atoms with E-state index in [0.29, 0.717) is 17.1 Å². The van der Waals surface area contributed by atoms with Crippen molar-refractivity contribution in [3.63, 3.8) is 0 Å². The molecule has 248 valence electrons. The van der Waals surface area contributed by atoms with E-state index in [1.165, 1.54) is 0 Å². The molecule has 6 aromatic rings. The molecule has 0 spiro atoms. The molecule has 0 aliphatic heterocycles. The number of phosphoric acid groups is 1. The van der Waals surface area contributed by atoms with Gasteiger partial charge in [0.2, 0.25) is 16.2 Å². The van der Waals surface area contributed by atoms with Gasteiger partial charge in [-0.05, 0) is 54.6 Å². The second kappa shape index (κ2) is 20.4. The lowest BCUT2D eigenvalue weighted by Crippen LogP contribution is -2.24. The van der Waals surface area contributed by atoms with Crippen LogP contribution in [0.15, 0.2) is 164 Å². The minimum absolute atomic E-state index is 0.529. The van der Waals surface area contributed by atoms with E-state index in [9.17, 15) is 0 Å². The van der Waals surface area contributed by atoms with Crippen LogP contribution in [0.4, 0.5) is 51.2 Å². The van der Waals surface area contributed by atoms with Crippen molar-refractivity contribution < 1.29 is 19.2 Å². The van der Waals surface area contributed by atoms with Gasteiger partial charge in [-0.25, -0.2) is 0 Å². The second-order valence-electron chi connectivity index (χ2n) is 9.77. The minimum atomic E-state index is -5.39. The van der Waals surface area contributed by atoms with E-state index < -0.39 is 7.82 Å². The molecule has 0 aliphatic rings. The minimum Gasteiger partial charge on any atom is -0.822 e. The number of hydrogen-bond acceptors (Lipinski definition) is 10. The van der Waals surface area contributed by atoms with Gasteiger partial charge in [0, 0.05) is 35.3 Å². The summed E-state index contributed by atoms with van der Waals surface area (Å²) in [5.41, 5.74) is 6.84. The van der Waals surface area contributed by atoms with E-state index in [4.69, 9.17) is 35.4 Å². The molecule has 0 amide bonds. The Labute approximate surface area is 288 Å². The third kappa shape index (κ3) is 14.2. The van der Waals surface area contributed by atoms with Crippen molar-refractivity contribution >= 4 is 59.0 Å². The van der Waals surface area contributed by atoms with Gasteiger partial charge in [-0.1, -0.05) is 91.0 Å². The highest BCUT2D eigenvalue weighted by Gasteiger charge is 2.13. The van der Waals surface area contributed by atoms with Crippen LogP contribution in [0.25, 0.3) is 14.9 Å². The maximum absolute atomic E-state index is 8.78. The molecule has 0 heterocycles. The normalized spacial score (nSPS) is 9.52. The summed E-state index contributed by atoms with van der Waals surface area (Å²) in [6, 6.07) is 51.2. The van der Waals surface area contributed by atoms with Crippen LogP contribution in [0.2, 0.25) is 0 Å². The molecule has 0 aromatic heterocycles. The summed E-state index contributed by atoms with van der Waals surface area (Å²) in [5.74, 6) is 0. The zero-order valence-corrected chi connectivity index (χ0v) is 27.2. The van der Waals surface area contributed by atoms with E-state index in [2.05, 4.69) is 30.9 Å². The first-order valence-electron chi connectivity index (χ1n) is 14.7. The zero-order chi connectivity index (χ0) is 36.0. The predicted octanol–water partition coefficient (Wildman–Crippen LogP) is 8.92. The summed E-state index contributed by atoms with van der Waals surface area (Å²) in [7, 11) is -5.39. The molecular weight excluding hydrogens is 653 g/mol. The molecule has 13 nitrogen and oxygen atoms in total. The average Bonchev–Trinajstić information content (AvgIpc) is 3.13. The Hall–Kier alpha value is -6.91. The van der Waals surface area contributed by atoms with Crippen LogP contribution in [0, 0.1) is 16.2 Å². The zero-order valence-electron chi connectivity index (χ0n) is 26.4. The summed E-state index contributed by atoms with van der Waals surface area (Å²) >= 11 is 0. The molecule has 0 atom stereocenters. The van der Waals surface area contributed by atoms with Crippen LogP contribution in [-0.2, 0) is 4.57 Å².